The van der Waals surface area contributed by atoms with Crippen molar-refractivity contribution in [3.63, 3.8) is 0 Å². The van der Waals surface area contributed by atoms with Crippen molar-refractivity contribution < 1.29 is 23.8 Å². The van der Waals surface area contributed by atoms with Crippen LogP contribution in [0.1, 0.15) is 19.4 Å². The van der Waals surface area contributed by atoms with Gasteiger partial charge in [0.2, 0.25) is 0 Å². The number of hydrogen-bond acceptors (Lipinski definition) is 5. The van der Waals surface area contributed by atoms with Crippen LogP contribution in [0.15, 0.2) is 23.8 Å². The summed E-state index contributed by atoms with van der Waals surface area (Å²) in [5.41, 5.74) is 0.492. The van der Waals surface area contributed by atoms with Crippen LogP contribution in [0.25, 0.3) is 6.08 Å². The second-order valence-corrected chi connectivity index (χ2v) is 5.75. The standard InChI is InChI=1S/C14H13IO5/c1-14(2)19-12(16)9(13(17)20-14)7-8-10(15)5-4-6-11(8)18-3/h4-7H,1-3H3. The second-order valence-electron chi connectivity index (χ2n) is 4.59. The van der Waals surface area contributed by atoms with Gasteiger partial charge in [0.25, 0.3) is 5.79 Å². The number of rotatable bonds is 2. The van der Waals surface area contributed by atoms with Gasteiger partial charge in [-0.3, -0.25) is 0 Å². The van der Waals surface area contributed by atoms with E-state index in [0.29, 0.717) is 11.3 Å². The molecule has 1 aromatic rings. The highest BCUT2D eigenvalue weighted by molar-refractivity contribution is 14.1. The molecule has 5 nitrogen and oxygen atoms in total. The highest BCUT2D eigenvalue weighted by Crippen LogP contribution is 2.29. The smallest absolute Gasteiger partial charge is 0.348 e. The Balaban J connectivity index is 2.46. The van der Waals surface area contributed by atoms with Crippen LogP contribution in [0.4, 0.5) is 0 Å². The minimum Gasteiger partial charge on any atom is -0.496 e. The quantitative estimate of drug-likeness (QED) is 0.337. The Kier molecular flexibility index (Phi) is 4.03. The number of esters is 2. The van der Waals surface area contributed by atoms with E-state index in [9.17, 15) is 9.59 Å². The fourth-order valence-electron chi connectivity index (χ4n) is 1.76. The van der Waals surface area contributed by atoms with Gasteiger partial charge >= 0.3 is 11.9 Å². The summed E-state index contributed by atoms with van der Waals surface area (Å²) in [4.78, 5) is 23.8. The van der Waals surface area contributed by atoms with Crippen LogP contribution >= 0.6 is 22.6 Å². The highest BCUT2D eigenvalue weighted by atomic mass is 127. The van der Waals surface area contributed by atoms with Crippen LogP contribution in [0, 0.1) is 3.57 Å². The topological polar surface area (TPSA) is 61.8 Å². The Morgan fingerprint density at radius 1 is 1.20 bits per heavy atom. The van der Waals surface area contributed by atoms with Gasteiger partial charge in [-0.25, -0.2) is 9.59 Å². The van der Waals surface area contributed by atoms with Crippen LogP contribution in [0.5, 0.6) is 5.75 Å². The molecule has 0 saturated carbocycles. The summed E-state index contributed by atoms with van der Waals surface area (Å²) in [6.07, 6.45) is 1.43. The van der Waals surface area contributed by atoms with E-state index in [-0.39, 0.29) is 5.57 Å². The van der Waals surface area contributed by atoms with Crippen molar-refractivity contribution in [3.05, 3.63) is 32.9 Å². The first-order chi connectivity index (χ1) is 9.34. The maximum atomic E-state index is 11.9. The van der Waals surface area contributed by atoms with E-state index in [0.717, 1.165) is 3.57 Å². The van der Waals surface area contributed by atoms with Crippen molar-refractivity contribution in [1.82, 2.24) is 0 Å². The Hall–Kier alpha value is -1.57. The van der Waals surface area contributed by atoms with Crippen molar-refractivity contribution in [2.45, 2.75) is 19.6 Å². The molecule has 0 amide bonds. The second kappa shape index (κ2) is 5.43. The summed E-state index contributed by atoms with van der Waals surface area (Å²) in [6, 6.07) is 5.42. The number of hydrogen-bond donors (Lipinski definition) is 0. The van der Waals surface area contributed by atoms with Gasteiger partial charge in [0, 0.05) is 23.0 Å². The lowest BCUT2D eigenvalue weighted by Gasteiger charge is -2.29. The number of halogens is 1. The lowest BCUT2D eigenvalue weighted by molar-refractivity contribution is -0.222. The number of benzene rings is 1. The van der Waals surface area contributed by atoms with Crippen LogP contribution in [-0.4, -0.2) is 24.8 Å². The molecule has 20 heavy (non-hydrogen) atoms. The molecule has 106 valence electrons. The van der Waals surface area contributed by atoms with Crippen molar-refractivity contribution in [2.75, 3.05) is 7.11 Å². The molecular weight excluding hydrogens is 375 g/mol. The molecule has 1 heterocycles. The normalized spacial score (nSPS) is 17.3. The molecule has 1 aromatic carbocycles. The van der Waals surface area contributed by atoms with Crippen LogP contribution in [-0.2, 0) is 19.1 Å². The number of carbonyl (C=O) groups excluding carboxylic acids is 2. The van der Waals surface area contributed by atoms with Crippen molar-refractivity contribution in [1.29, 1.82) is 0 Å². The van der Waals surface area contributed by atoms with E-state index in [1.54, 1.807) is 6.07 Å². The van der Waals surface area contributed by atoms with Crippen LogP contribution in [0.3, 0.4) is 0 Å². The summed E-state index contributed by atoms with van der Waals surface area (Å²) in [7, 11) is 1.52. The van der Waals surface area contributed by atoms with Crippen LogP contribution < -0.4 is 4.74 Å². The van der Waals surface area contributed by atoms with Gasteiger partial charge in [-0.05, 0) is 40.8 Å². The lowest BCUT2D eigenvalue weighted by atomic mass is 10.1. The zero-order valence-corrected chi connectivity index (χ0v) is 13.4. The van der Waals surface area contributed by atoms with Gasteiger partial charge in [-0.15, -0.1) is 0 Å². The number of ether oxygens (including phenoxy) is 3. The first kappa shape index (κ1) is 14.8. The van der Waals surface area contributed by atoms with Crippen molar-refractivity contribution >= 4 is 40.6 Å². The Labute approximate surface area is 130 Å². The third-order valence-electron chi connectivity index (χ3n) is 2.64. The summed E-state index contributed by atoms with van der Waals surface area (Å²) >= 11 is 2.10. The molecule has 0 spiro atoms. The van der Waals surface area contributed by atoms with Gasteiger partial charge in [-0.2, -0.15) is 0 Å². The maximum absolute atomic E-state index is 11.9. The van der Waals surface area contributed by atoms with Gasteiger partial charge in [0.1, 0.15) is 11.3 Å². The molecule has 1 fully saturated rings. The molecule has 0 radical (unpaired) electrons. The molecule has 0 unspecified atom stereocenters. The minimum absolute atomic E-state index is 0.147. The van der Waals surface area contributed by atoms with Crippen molar-refractivity contribution in [2.24, 2.45) is 0 Å². The van der Waals surface area contributed by atoms with Crippen molar-refractivity contribution in [3.8, 4) is 5.75 Å². The van der Waals surface area contributed by atoms with E-state index < -0.39 is 17.7 Å². The van der Waals surface area contributed by atoms with Gasteiger partial charge in [0.05, 0.1) is 7.11 Å². The molecule has 0 aromatic heterocycles. The Morgan fingerprint density at radius 2 is 1.80 bits per heavy atom. The Morgan fingerprint density at radius 3 is 2.35 bits per heavy atom. The summed E-state index contributed by atoms with van der Waals surface area (Å²) in [5, 5.41) is 0. The van der Waals surface area contributed by atoms with E-state index in [2.05, 4.69) is 22.6 Å². The monoisotopic (exact) mass is 388 g/mol. The predicted molar refractivity (Wildman–Crippen MR) is 80.0 cm³/mol. The first-order valence-corrected chi connectivity index (χ1v) is 6.93. The average Bonchev–Trinajstić information content (AvgIpc) is 2.33. The van der Waals surface area contributed by atoms with Gasteiger partial charge in [0.15, 0.2) is 0 Å². The molecule has 1 aliphatic rings. The van der Waals surface area contributed by atoms with E-state index >= 15 is 0 Å². The predicted octanol–water partition coefficient (Wildman–Crippen LogP) is 2.52. The molecule has 0 bridgehead atoms. The largest absolute Gasteiger partial charge is 0.496 e. The van der Waals surface area contributed by atoms with E-state index in [4.69, 9.17) is 14.2 Å². The summed E-state index contributed by atoms with van der Waals surface area (Å²) < 4.78 is 16.2. The molecule has 2 rings (SSSR count). The maximum Gasteiger partial charge on any atom is 0.348 e. The molecule has 6 heteroatoms. The zero-order chi connectivity index (χ0) is 14.9. The molecule has 1 aliphatic heterocycles. The van der Waals surface area contributed by atoms with Gasteiger partial charge in [-0.1, -0.05) is 6.07 Å². The molecular formula is C14H13IO5. The lowest BCUT2D eigenvalue weighted by Crippen LogP contribution is -2.41. The SMILES string of the molecule is COc1cccc(I)c1C=C1C(=O)OC(C)(C)OC1=O. The molecule has 1 saturated heterocycles. The fourth-order valence-corrected chi connectivity index (χ4v) is 2.39. The van der Waals surface area contributed by atoms with Gasteiger partial charge < -0.3 is 14.2 Å². The minimum atomic E-state index is -1.24. The summed E-state index contributed by atoms with van der Waals surface area (Å²) in [5.74, 6) is -2.07. The first-order valence-electron chi connectivity index (χ1n) is 5.85. The fraction of sp³-hybridized carbons (Fsp3) is 0.286. The zero-order valence-electron chi connectivity index (χ0n) is 11.2. The number of methoxy groups -OCH3 is 1. The molecule has 0 atom stereocenters. The third-order valence-corrected chi connectivity index (χ3v) is 3.58. The van der Waals surface area contributed by atoms with E-state index in [1.807, 2.05) is 12.1 Å². The molecule has 0 N–H and O–H groups in total. The highest BCUT2D eigenvalue weighted by Gasteiger charge is 2.39. The Bertz CT molecular complexity index is 582. The average molecular weight is 388 g/mol. The summed E-state index contributed by atoms with van der Waals surface area (Å²) in [6.45, 7) is 3.01. The number of carbonyl (C=O) groups is 2. The number of cyclic esters (lactones) is 2. The van der Waals surface area contributed by atoms with E-state index in [1.165, 1.54) is 27.0 Å². The molecule has 0 aliphatic carbocycles. The van der Waals surface area contributed by atoms with Crippen LogP contribution in [0.2, 0.25) is 0 Å². The third kappa shape index (κ3) is 2.95.